The third-order valence-electron chi connectivity index (χ3n) is 6.24. The predicted molar refractivity (Wildman–Crippen MR) is 107 cm³/mol. The van der Waals surface area contributed by atoms with Crippen molar-refractivity contribution >= 4 is 22.6 Å². The summed E-state index contributed by atoms with van der Waals surface area (Å²) in [4.78, 5) is 20.2. The fraction of sp³-hybridized carbons (Fsp3) is 0.571. The molecule has 1 saturated heterocycles. The second-order valence-electron chi connectivity index (χ2n) is 7.94. The van der Waals surface area contributed by atoms with Crippen LogP contribution in [0.25, 0.3) is 10.9 Å². The Bertz CT molecular complexity index is 775. The highest BCUT2D eigenvalue weighted by molar-refractivity contribution is 5.92. The molecule has 2 aliphatic rings. The molecule has 1 aromatic heterocycles. The third-order valence-corrected chi connectivity index (χ3v) is 6.24. The normalized spacial score (nSPS) is 24.8. The number of urea groups is 1. The molecule has 1 unspecified atom stereocenters. The van der Waals surface area contributed by atoms with Crippen LogP contribution in [0.4, 0.5) is 14.9 Å². The Kier molecular flexibility index (Phi) is 5.23. The Balaban J connectivity index is 1.31. The maximum absolute atomic E-state index is 13.3. The van der Waals surface area contributed by atoms with Gasteiger partial charge < -0.3 is 20.1 Å². The second kappa shape index (κ2) is 7.79. The molecule has 4 rings (SSSR count). The van der Waals surface area contributed by atoms with Gasteiger partial charge in [0.05, 0.1) is 0 Å². The van der Waals surface area contributed by atoms with Gasteiger partial charge in [-0.25, -0.2) is 9.18 Å². The van der Waals surface area contributed by atoms with Gasteiger partial charge in [-0.15, -0.1) is 0 Å². The lowest BCUT2D eigenvalue weighted by atomic mass is 9.84. The molecule has 0 spiro atoms. The Morgan fingerprint density at radius 2 is 1.89 bits per heavy atom. The monoisotopic (exact) mass is 372 g/mol. The van der Waals surface area contributed by atoms with Gasteiger partial charge in [-0.3, -0.25) is 0 Å². The first-order valence-electron chi connectivity index (χ1n) is 10.1. The maximum atomic E-state index is 13.3. The van der Waals surface area contributed by atoms with Crippen LogP contribution in [-0.2, 0) is 0 Å². The lowest BCUT2D eigenvalue weighted by Gasteiger charge is -2.38. The van der Waals surface area contributed by atoms with Gasteiger partial charge in [0.15, 0.2) is 0 Å². The number of fused-ring (bicyclic) bond motifs is 1. The van der Waals surface area contributed by atoms with Gasteiger partial charge in [-0.05, 0) is 56.7 Å². The Morgan fingerprint density at radius 1 is 1.15 bits per heavy atom. The Labute approximate surface area is 159 Å². The third kappa shape index (κ3) is 3.89. The number of amides is 2. The van der Waals surface area contributed by atoms with Gasteiger partial charge in [0.25, 0.3) is 0 Å². The van der Waals surface area contributed by atoms with E-state index in [1.165, 1.54) is 11.1 Å². The van der Waals surface area contributed by atoms with Gasteiger partial charge in [0, 0.05) is 55.0 Å². The number of piperazine rings is 1. The van der Waals surface area contributed by atoms with Crippen LogP contribution in [0.2, 0.25) is 0 Å². The zero-order valence-electron chi connectivity index (χ0n) is 16.0. The molecule has 0 radical (unpaired) electrons. The van der Waals surface area contributed by atoms with E-state index in [0.29, 0.717) is 18.8 Å². The lowest BCUT2D eigenvalue weighted by Crippen LogP contribution is -2.54. The fourth-order valence-electron chi connectivity index (χ4n) is 4.48. The number of aromatic amines is 1. The molecular formula is C21H29FN4O. The van der Waals surface area contributed by atoms with E-state index in [-0.39, 0.29) is 12.1 Å². The highest BCUT2D eigenvalue weighted by Gasteiger charge is 2.28. The number of alkyl halides is 1. The molecule has 6 heteroatoms. The molecule has 2 amide bonds. The summed E-state index contributed by atoms with van der Waals surface area (Å²) in [7, 11) is 0. The summed E-state index contributed by atoms with van der Waals surface area (Å²) in [5, 5.41) is 4.38. The first-order valence-corrected chi connectivity index (χ1v) is 10.1. The van der Waals surface area contributed by atoms with Crippen LogP contribution >= 0.6 is 0 Å². The average Bonchev–Trinajstić information content (AvgIpc) is 3.17. The van der Waals surface area contributed by atoms with Crippen molar-refractivity contribution in [2.75, 3.05) is 31.1 Å². The van der Waals surface area contributed by atoms with E-state index in [9.17, 15) is 9.18 Å². The number of anilines is 1. The number of rotatable bonds is 3. The molecule has 2 heterocycles. The number of aromatic nitrogens is 1. The van der Waals surface area contributed by atoms with Crippen molar-refractivity contribution in [1.29, 1.82) is 0 Å². The first-order chi connectivity index (χ1) is 13.1. The van der Waals surface area contributed by atoms with Crippen LogP contribution < -0.4 is 10.2 Å². The molecule has 0 bridgehead atoms. The summed E-state index contributed by atoms with van der Waals surface area (Å²) >= 11 is 0. The van der Waals surface area contributed by atoms with Gasteiger partial charge >= 0.3 is 6.03 Å². The number of halogens is 1. The largest absolute Gasteiger partial charge is 0.367 e. The van der Waals surface area contributed by atoms with Crippen LogP contribution in [-0.4, -0.2) is 54.3 Å². The molecule has 1 aromatic carbocycles. The average molecular weight is 372 g/mol. The van der Waals surface area contributed by atoms with Crippen LogP contribution in [0, 0.1) is 5.92 Å². The standard InChI is InChI=1S/C21H29FN4O/c1-15(16-5-7-17(22)8-6-16)24-21(27)26-13-11-25(12-14-26)20-4-2-3-19-18(20)9-10-23-19/h2-4,9-10,15-17,23H,5-8,11-14H2,1H3,(H,24,27). The van der Waals surface area contributed by atoms with E-state index in [2.05, 4.69) is 46.4 Å². The quantitative estimate of drug-likeness (QED) is 0.858. The Morgan fingerprint density at radius 3 is 2.63 bits per heavy atom. The minimum atomic E-state index is -0.651. The molecule has 2 aromatic rings. The molecule has 5 nitrogen and oxygen atoms in total. The van der Waals surface area contributed by atoms with Gasteiger partial charge in [0.2, 0.25) is 0 Å². The minimum absolute atomic E-state index is 0.0179. The van der Waals surface area contributed by atoms with E-state index < -0.39 is 6.17 Å². The van der Waals surface area contributed by atoms with E-state index in [0.717, 1.165) is 44.5 Å². The SMILES string of the molecule is CC(NC(=O)N1CCN(c2cccc3[nH]ccc23)CC1)C1CCC(F)CC1. The first kappa shape index (κ1) is 18.1. The van der Waals surface area contributed by atoms with Crippen molar-refractivity contribution in [2.24, 2.45) is 5.92 Å². The highest BCUT2D eigenvalue weighted by atomic mass is 19.1. The van der Waals surface area contributed by atoms with Gasteiger partial charge in [0.1, 0.15) is 6.17 Å². The molecule has 2 N–H and O–H groups in total. The van der Waals surface area contributed by atoms with Crippen molar-refractivity contribution in [3.05, 3.63) is 30.5 Å². The second-order valence-corrected chi connectivity index (χ2v) is 7.94. The minimum Gasteiger partial charge on any atom is -0.367 e. The number of H-pyrrole nitrogens is 1. The van der Waals surface area contributed by atoms with Crippen LogP contribution in [0.15, 0.2) is 30.5 Å². The summed E-state index contributed by atoms with van der Waals surface area (Å²) in [5.41, 5.74) is 2.37. The van der Waals surface area contributed by atoms with Crippen molar-refractivity contribution in [1.82, 2.24) is 15.2 Å². The number of carbonyl (C=O) groups excluding carboxylic acids is 1. The number of nitrogens with zero attached hydrogens (tertiary/aromatic N) is 2. The summed E-state index contributed by atoms with van der Waals surface area (Å²) in [6.07, 6.45) is 4.33. The zero-order valence-corrected chi connectivity index (χ0v) is 16.0. The number of nitrogens with one attached hydrogen (secondary N) is 2. The molecule has 2 fully saturated rings. The number of hydrogen-bond acceptors (Lipinski definition) is 2. The summed E-state index contributed by atoms with van der Waals surface area (Å²) in [6.45, 7) is 5.16. The summed E-state index contributed by atoms with van der Waals surface area (Å²) in [6, 6.07) is 8.54. The number of carbonyl (C=O) groups is 1. The fourth-order valence-corrected chi connectivity index (χ4v) is 4.48. The van der Waals surface area contributed by atoms with Crippen molar-refractivity contribution in [3.63, 3.8) is 0 Å². The van der Waals surface area contributed by atoms with Gasteiger partial charge in [-0.1, -0.05) is 6.07 Å². The lowest BCUT2D eigenvalue weighted by molar-refractivity contribution is 0.165. The molecule has 1 aliphatic carbocycles. The maximum Gasteiger partial charge on any atom is 0.317 e. The van der Waals surface area contributed by atoms with Crippen molar-refractivity contribution < 1.29 is 9.18 Å². The van der Waals surface area contributed by atoms with E-state index in [1.54, 1.807) is 0 Å². The van der Waals surface area contributed by atoms with E-state index in [1.807, 2.05) is 11.1 Å². The van der Waals surface area contributed by atoms with E-state index >= 15 is 0 Å². The smallest absolute Gasteiger partial charge is 0.317 e. The van der Waals surface area contributed by atoms with Gasteiger partial charge in [-0.2, -0.15) is 0 Å². The Hall–Kier alpha value is -2.24. The molecule has 1 atom stereocenters. The van der Waals surface area contributed by atoms with Crippen LogP contribution in [0.3, 0.4) is 0 Å². The molecule has 1 aliphatic heterocycles. The summed E-state index contributed by atoms with van der Waals surface area (Å²) < 4.78 is 13.3. The van der Waals surface area contributed by atoms with Crippen LogP contribution in [0.1, 0.15) is 32.6 Å². The number of hydrogen-bond donors (Lipinski definition) is 2. The highest BCUT2D eigenvalue weighted by Crippen LogP contribution is 2.29. The topological polar surface area (TPSA) is 51.4 Å². The van der Waals surface area contributed by atoms with Crippen molar-refractivity contribution in [3.8, 4) is 0 Å². The van der Waals surface area contributed by atoms with E-state index in [4.69, 9.17) is 0 Å². The molecular weight excluding hydrogens is 343 g/mol. The molecule has 1 saturated carbocycles. The summed E-state index contributed by atoms with van der Waals surface area (Å²) in [5.74, 6) is 0.397. The molecule has 27 heavy (non-hydrogen) atoms. The number of benzene rings is 1. The van der Waals surface area contributed by atoms with Crippen molar-refractivity contribution in [2.45, 2.75) is 44.8 Å². The predicted octanol–water partition coefficient (Wildman–Crippen LogP) is 3.92. The zero-order chi connectivity index (χ0) is 18.8. The molecule has 146 valence electrons. The van der Waals surface area contributed by atoms with Crippen LogP contribution in [0.5, 0.6) is 0 Å².